The Balaban J connectivity index is 2.03. The molecule has 0 aliphatic carbocycles. The summed E-state index contributed by atoms with van der Waals surface area (Å²) < 4.78 is 5.28. The van der Waals surface area contributed by atoms with Crippen molar-refractivity contribution in [2.45, 2.75) is 45.4 Å². The Morgan fingerprint density at radius 3 is 2.57 bits per heavy atom. The third kappa shape index (κ3) is 4.31. The zero-order valence-corrected chi connectivity index (χ0v) is 13.5. The molecule has 0 aromatic heterocycles. The molecule has 1 heterocycles. The van der Waals surface area contributed by atoms with E-state index in [-0.39, 0.29) is 5.78 Å². The van der Waals surface area contributed by atoms with Crippen molar-refractivity contribution in [2.75, 3.05) is 26.7 Å². The Morgan fingerprint density at radius 2 is 1.95 bits per heavy atom. The zero-order valence-electron chi connectivity index (χ0n) is 13.5. The number of ketones is 1. The van der Waals surface area contributed by atoms with Crippen LogP contribution >= 0.6 is 0 Å². The molecule has 2 rings (SSSR count). The topological polar surface area (TPSA) is 29.5 Å². The van der Waals surface area contributed by atoms with Crippen LogP contribution in [0.3, 0.4) is 0 Å². The van der Waals surface area contributed by atoms with E-state index in [2.05, 4.69) is 18.7 Å². The summed E-state index contributed by atoms with van der Waals surface area (Å²) in [6.07, 6.45) is 4.49. The lowest BCUT2D eigenvalue weighted by molar-refractivity contribution is 0.0957. The van der Waals surface area contributed by atoms with Crippen LogP contribution in [-0.2, 0) is 0 Å². The van der Waals surface area contributed by atoms with Gasteiger partial charge in [0.25, 0.3) is 0 Å². The Hall–Kier alpha value is -1.35. The maximum atomic E-state index is 12.5. The van der Waals surface area contributed by atoms with Crippen molar-refractivity contribution in [2.24, 2.45) is 0 Å². The molecule has 0 atom stereocenters. The molecule has 0 spiro atoms. The van der Waals surface area contributed by atoms with Crippen molar-refractivity contribution < 1.29 is 9.53 Å². The van der Waals surface area contributed by atoms with E-state index in [0.717, 1.165) is 36.5 Å². The predicted molar refractivity (Wildman–Crippen MR) is 86.3 cm³/mol. The van der Waals surface area contributed by atoms with Gasteiger partial charge < -0.3 is 9.64 Å². The summed E-state index contributed by atoms with van der Waals surface area (Å²) in [5.74, 6) is 1.41. The van der Waals surface area contributed by atoms with Crippen LogP contribution in [0.2, 0.25) is 0 Å². The van der Waals surface area contributed by atoms with Crippen LogP contribution in [-0.4, -0.2) is 37.4 Å². The van der Waals surface area contributed by atoms with E-state index in [9.17, 15) is 4.79 Å². The van der Waals surface area contributed by atoms with Gasteiger partial charge in [0.05, 0.1) is 7.11 Å². The number of hydrogen-bond donors (Lipinski definition) is 0. The van der Waals surface area contributed by atoms with Gasteiger partial charge in [-0.25, -0.2) is 0 Å². The number of likely N-dealkylation sites (tertiary alicyclic amines) is 1. The molecule has 1 aliphatic heterocycles. The fraction of sp³-hybridized carbons (Fsp3) is 0.611. The molecule has 0 N–H and O–H groups in total. The van der Waals surface area contributed by atoms with E-state index < -0.39 is 0 Å². The molecule has 1 fully saturated rings. The largest absolute Gasteiger partial charge is 0.497 e. The number of Topliss-reactive ketones (excluding diaryl/α,β-unsaturated/α-hetero) is 1. The third-order valence-electron chi connectivity index (χ3n) is 4.28. The number of nitrogens with zero attached hydrogens (tertiary/aromatic N) is 1. The molecule has 0 bridgehead atoms. The molecule has 1 aromatic carbocycles. The number of carbonyl (C=O) groups is 1. The standard InChI is InChI=1S/C18H27NO2/c1-14(2)17-13-15(21-3)7-8-16(17)18(20)9-12-19-10-5-4-6-11-19/h7-8,13-14H,4-6,9-12H2,1-3H3. The van der Waals surface area contributed by atoms with Crippen LogP contribution < -0.4 is 4.74 Å². The first kappa shape index (κ1) is 16.0. The van der Waals surface area contributed by atoms with Gasteiger partial charge in [-0.05, 0) is 55.6 Å². The van der Waals surface area contributed by atoms with Gasteiger partial charge in [0, 0.05) is 18.5 Å². The van der Waals surface area contributed by atoms with Crippen molar-refractivity contribution in [3.63, 3.8) is 0 Å². The monoisotopic (exact) mass is 289 g/mol. The van der Waals surface area contributed by atoms with Gasteiger partial charge in [0.1, 0.15) is 5.75 Å². The second-order valence-electron chi connectivity index (χ2n) is 6.18. The molecule has 21 heavy (non-hydrogen) atoms. The van der Waals surface area contributed by atoms with Crippen molar-refractivity contribution in [3.8, 4) is 5.75 Å². The zero-order chi connectivity index (χ0) is 15.2. The first-order valence-electron chi connectivity index (χ1n) is 8.05. The Kier molecular flexibility index (Phi) is 5.80. The van der Waals surface area contributed by atoms with E-state index in [1.165, 1.54) is 19.3 Å². The van der Waals surface area contributed by atoms with E-state index in [1.54, 1.807) is 7.11 Å². The first-order valence-corrected chi connectivity index (χ1v) is 8.05. The molecule has 0 unspecified atom stereocenters. The van der Waals surface area contributed by atoms with E-state index in [4.69, 9.17) is 4.74 Å². The Labute approximate surface area is 128 Å². The highest BCUT2D eigenvalue weighted by Crippen LogP contribution is 2.26. The van der Waals surface area contributed by atoms with Crippen molar-refractivity contribution in [1.82, 2.24) is 4.90 Å². The fourth-order valence-corrected chi connectivity index (χ4v) is 2.98. The SMILES string of the molecule is COc1ccc(C(=O)CCN2CCCCC2)c(C(C)C)c1. The summed E-state index contributed by atoms with van der Waals surface area (Å²) in [4.78, 5) is 15.0. The van der Waals surface area contributed by atoms with Crippen molar-refractivity contribution in [1.29, 1.82) is 0 Å². The van der Waals surface area contributed by atoms with E-state index in [1.807, 2.05) is 18.2 Å². The number of carbonyl (C=O) groups excluding carboxylic acids is 1. The van der Waals surface area contributed by atoms with Crippen LogP contribution in [0.15, 0.2) is 18.2 Å². The number of ether oxygens (including phenoxy) is 1. The normalized spacial score (nSPS) is 16.2. The molecule has 0 amide bonds. The Bertz CT molecular complexity index is 476. The van der Waals surface area contributed by atoms with Crippen LogP contribution in [0.25, 0.3) is 0 Å². The molecule has 1 saturated heterocycles. The molecule has 3 heteroatoms. The molecular formula is C18H27NO2. The lowest BCUT2D eigenvalue weighted by Crippen LogP contribution is -2.31. The van der Waals surface area contributed by atoms with Gasteiger partial charge >= 0.3 is 0 Å². The first-order chi connectivity index (χ1) is 10.1. The average Bonchev–Trinajstić information content (AvgIpc) is 2.52. The highest BCUT2D eigenvalue weighted by molar-refractivity contribution is 5.98. The fourth-order valence-electron chi connectivity index (χ4n) is 2.98. The molecule has 116 valence electrons. The summed E-state index contributed by atoms with van der Waals surface area (Å²) >= 11 is 0. The van der Waals surface area contributed by atoms with Crippen molar-refractivity contribution in [3.05, 3.63) is 29.3 Å². The summed E-state index contributed by atoms with van der Waals surface area (Å²) in [6.45, 7) is 7.43. The van der Waals surface area contributed by atoms with Crippen LogP contribution in [0.1, 0.15) is 61.4 Å². The van der Waals surface area contributed by atoms with E-state index in [0.29, 0.717) is 12.3 Å². The van der Waals surface area contributed by atoms with Gasteiger partial charge in [0.2, 0.25) is 0 Å². The highest BCUT2D eigenvalue weighted by atomic mass is 16.5. The quantitative estimate of drug-likeness (QED) is 0.744. The van der Waals surface area contributed by atoms with Gasteiger partial charge in [-0.15, -0.1) is 0 Å². The minimum Gasteiger partial charge on any atom is -0.497 e. The maximum absolute atomic E-state index is 12.5. The highest BCUT2D eigenvalue weighted by Gasteiger charge is 2.17. The number of rotatable bonds is 6. The molecule has 1 aromatic rings. The molecule has 3 nitrogen and oxygen atoms in total. The number of benzene rings is 1. The number of piperidine rings is 1. The summed E-state index contributed by atoms with van der Waals surface area (Å²) in [7, 11) is 1.66. The van der Waals surface area contributed by atoms with E-state index >= 15 is 0 Å². The molecule has 1 aliphatic rings. The summed E-state index contributed by atoms with van der Waals surface area (Å²) in [5, 5.41) is 0. The third-order valence-corrected chi connectivity index (χ3v) is 4.28. The lowest BCUT2D eigenvalue weighted by atomic mass is 9.93. The molecular weight excluding hydrogens is 262 g/mol. The van der Waals surface area contributed by atoms with Crippen molar-refractivity contribution >= 4 is 5.78 Å². The smallest absolute Gasteiger partial charge is 0.164 e. The number of methoxy groups -OCH3 is 1. The second kappa shape index (κ2) is 7.60. The average molecular weight is 289 g/mol. The number of hydrogen-bond acceptors (Lipinski definition) is 3. The van der Waals surface area contributed by atoms with Gasteiger partial charge in [-0.2, -0.15) is 0 Å². The van der Waals surface area contributed by atoms with Crippen LogP contribution in [0, 0.1) is 0 Å². The van der Waals surface area contributed by atoms with Gasteiger partial charge in [-0.1, -0.05) is 20.3 Å². The Morgan fingerprint density at radius 1 is 1.24 bits per heavy atom. The second-order valence-corrected chi connectivity index (χ2v) is 6.18. The molecule has 0 radical (unpaired) electrons. The lowest BCUT2D eigenvalue weighted by Gasteiger charge is -2.26. The van der Waals surface area contributed by atoms with Gasteiger partial charge in [0.15, 0.2) is 5.78 Å². The predicted octanol–water partition coefficient (Wildman–Crippen LogP) is 3.88. The van der Waals surface area contributed by atoms with Gasteiger partial charge in [-0.3, -0.25) is 4.79 Å². The minimum absolute atomic E-state index is 0.256. The van der Waals surface area contributed by atoms with Crippen LogP contribution in [0.5, 0.6) is 5.75 Å². The van der Waals surface area contributed by atoms with Crippen LogP contribution in [0.4, 0.5) is 0 Å². The minimum atomic E-state index is 0.256. The maximum Gasteiger partial charge on any atom is 0.164 e. The summed E-state index contributed by atoms with van der Waals surface area (Å²) in [6, 6.07) is 5.81. The summed E-state index contributed by atoms with van der Waals surface area (Å²) in [5.41, 5.74) is 1.96. The molecule has 0 saturated carbocycles.